The van der Waals surface area contributed by atoms with E-state index >= 15 is 0 Å². The van der Waals surface area contributed by atoms with E-state index in [0.29, 0.717) is 0 Å². The fourth-order valence-corrected chi connectivity index (χ4v) is 2.64. The predicted octanol–water partition coefficient (Wildman–Crippen LogP) is 2.70. The van der Waals surface area contributed by atoms with Crippen LogP contribution in [-0.2, 0) is 10.0 Å². The summed E-state index contributed by atoms with van der Waals surface area (Å²) in [6.45, 7) is 0. The number of amides is 1. The molecule has 0 aliphatic carbocycles. The van der Waals surface area contributed by atoms with E-state index in [1.54, 1.807) is 6.07 Å². The molecule has 2 aromatic carbocycles. The molecule has 0 spiro atoms. The van der Waals surface area contributed by atoms with Crippen molar-refractivity contribution in [3.05, 3.63) is 60.2 Å². The van der Waals surface area contributed by atoms with Crippen molar-refractivity contribution in [2.24, 2.45) is 0 Å². The molecule has 9 heteroatoms. The molecule has 0 radical (unpaired) electrons. The quantitative estimate of drug-likeness (QED) is 0.925. The van der Waals surface area contributed by atoms with Gasteiger partial charge in [-0.3, -0.25) is 4.79 Å². The van der Waals surface area contributed by atoms with Crippen LogP contribution in [0, 0.1) is 0 Å². The number of ether oxygens (including phenoxy) is 1. The highest BCUT2D eigenvalue weighted by atomic mass is 32.2. The van der Waals surface area contributed by atoms with Gasteiger partial charge >= 0.3 is 6.36 Å². The molecule has 5 nitrogen and oxygen atoms in total. The number of carbonyl (C=O) groups excluding carboxylic acids is 1. The Balaban J connectivity index is 2.12. The van der Waals surface area contributed by atoms with Gasteiger partial charge in [-0.15, -0.1) is 13.2 Å². The Labute approximate surface area is 129 Å². The summed E-state index contributed by atoms with van der Waals surface area (Å²) in [7, 11) is -4.06. The summed E-state index contributed by atoms with van der Waals surface area (Å²) in [5.74, 6) is -1.48. The van der Waals surface area contributed by atoms with Gasteiger partial charge in [-0.25, -0.2) is 13.1 Å². The third-order valence-electron chi connectivity index (χ3n) is 2.63. The number of hydrogen-bond acceptors (Lipinski definition) is 4. The summed E-state index contributed by atoms with van der Waals surface area (Å²) >= 11 is 0. The Morgan fingerprint density at radius 1 is 0.957 bits per heavy atom. The van der Waals surface area contributed by atoms with Crippen LogP contribution in [0.4, 0.5) is 13.2 Å². The van der Waals surface area contributed by atoms with E-state index in [4.69, 9.17) is 0 Å². The van der Waals surface area contributed by atoms with E-state index in [9.17, 15) is 26.4 Å². The van der Waals surface area contributed by atoms with Gasteiger partial charge in [-0.2, -0.15) is 0 Å². The standard InChI is InChI=1S/C14H10F3NO4S/c15-14(16,17)22-11-8-6-10(7-9-11)13(19)18-23(20,21)12-4-2-1-3-5-12/h1-9H,(H,18,19). The molecule has 2 aromatic rings. The first kappa shape index (κ1) is 16.8. The Kier molecular flexibility index (Phi) is 4.60. The van der Waals surface area contributed by atoms with Crippen molar-refractivity contribution in [2.45, 2.75) is 11.3 Å². The number of halogens is 3. The van der Waals surface area contributed by atoms with Crippen LogP contribution in [0.15, 0.2) is 59.5 Å². The minimum absolute atomic E-state index is 0.106. The Morgan fingerprint density at radius 3 is 2.04 bits per heavy atom. The van der Waals surface area contributed by atoms with Crippen LogP contribution in [0.5, 0.6) is 5.75 Å². The number of nitrogens with one attached hydrogen (secondary N) is 1. The molecule has 0 atom stereocenters. The van der Waals surface area contributed by atoms with Crippen molar-refractivity contribution in [1.82, 2.24) is 4.72 Å². The second-order valence-electron chi connectivity index (χ2n) is 4.32. The maximum atomic E-state index is 12.0. The molecular weight excluding hydrogens is 335 g/mol. The molecule has 1 amide bonds. The number of benzene rings is 2. The van der Waals surface area contributed by atoms with Gasteiger partial charge in [0.25, 0.3) is 15.9 Å². The minimum Gasteiger partial charge on any atom is -0.406 e. The molecule has 23 heavy (non-hydrogen) atoms. The van der Waals surface area contributed by atoms with Gasteiger partial charge in [0.1, 0.15) is 5.75 Å². The topological polar surface area (TPSA) is 72.5 Å². The molecule has 0 heterocycles. The average molecular weight is 345 g/mol. The van der Waals surface area contributed by atoms with Crippen molar-refractivity contribution in [3.8, 4) is 5.75 Å². The number of carbonyl (C=O) groups is 1. The summed E-state index contributed by atoms with van der Waals surface area (Å²) in [4.78, 5) is 11.8. The van der Waals surface area contributed by atoms with Crippen molar-refractivity contribution in [2.75, 3.05) is 0 Å². The summed E-state index contributed by atoms with van der Waals surface area (Å²) in [5.41, 5.74) is -0.126. The molecule has 0 saturated heterocycles. The predicted molar refractivity (Wildman–Crippen MR) is 74.2 cm³/mol. The van der Waals surface area contributed by atoms with Crippen LogP contribution in [0.25, 0.3) is 0 Å². The van der Waals surface area contributed by atoms with Crippen LogP contribution in [0.1, 0.15) is 10.4 Å². The van der Waals surface area contributed by atoms with Crippen LogP contribution in [-0.4, -0.2) is 20.7 Å². The van der Waals surface area contributed by atoms with Crippen molar-refractivity contribution in [3.63, 3.8) is 0 Å². The number of hydrogen-bond donors (Lipinski definition) is 1. The van der Waals surface area contributed by atoms with E-state index in [0.717, 1.165) is 24.3 Å². The van der Waals surface area contributed by atoms with E-state index in [-0.39, 0.29) is 10.5 Å². The third kappa shape index (κ3) is 4.71. The third-order valence-corrected chi connectivity index (χ3v) is 3.98. The minimum atomic E-state index is -4.85. The summed E-state index contributed by atoms with van der Waals surface area (Å²) in [5, 5.41) is 0. The molecule has 2 rings (SSSR count). The Hall–Kier alpha value is -2.55. The van der Waals surface area contributed by atoms with Gasteiger partial charge in [-0.1, -0.05) is 18.2 Å². The summed E-state index contributed by atoms with van der Waals surface area (Å²) in [6.07, 6.45) is -4.85. The normalized spacial score (nSPS) is 11.8. The van der Waals surface area contributed by atoms with Crippen LogP contribution < -0.4 is 9.46 Å². The largest absolute Gasteiger partial charge is 0.573 e. The molecule has 0 bridgehead atoms. The molecule has 0 fully saturated rings. The molecule has 0 aliphatic heterocycles. The second kappa shape index (κ2) is 6.29. The lowest BCUT2D eigenvalue weighted by molar-refractivity contribution is -0.274. The summed E-state index contributed by atoms with van der Waals surface area (Å²) < 4.78 is 65.5. The lowest BCUT2D eigenvalue weighted by atomic mass is 10.2. The highest BCUT2D eigenvalue weighted by molar-refractivity contribution is 7.90. The fraction of sp³-hybridized carbons (Fsp3) is 0.0714. The Morgan fingerprint density at radius 2 is 1.52 bits per heavy atom. The molecule has 122 valence electrons. The lowest BCUT2D eigenvalue weighted by Gasteiger charge is -2.10. The van der Waals surface area contributed by atoms with E-state index in [1.165, 1.54) is 24.3 Å². The molecular formula is C14H10F3NO4S. The Bertz CT molecular complexity index is 787. The van der Waals surface area contributed by atoms with E-state index in [1.807, 2.05) is 4.72 Å². The zero-order chi connectivity index (χ0) is 17.1. The summed E-state index contributed by atoms with van der Waals surface area (Å²) in [6, 6.07) is 11.1. The van der Waals surface area contributed by atoms with Gasteiger partial charge in [0, 0.05) is 5.56 Å². The zero-order valence-corrected chi connectivity index (χ0v) is 12.2. The highest BCUT2D eigenvalue weighted by Gasteiger charge is 2.31. The number of rotatable bonds is 4. The van der Waals surface area contributed by atoms with Crippen molar-refractivity contribution >= 4 is 15.9 Å². The zero-order valence-electron chi connectivity index (χ0n) is 11.4. The molecule has 0 saturated carbocycles. The molecule has 0 aromatic heterocycles. The first-order valence-electron chi connectivity index (χ1n) is 6.15. The van der Waals surface area contributed by atoms with Crippen LogP contribution in [0.2, 0.25) is 0 Å². The number of sulfonamides is 1. The van der Waals surface area contributed by atoms with Crippen molar-refractivity contribution < 1.29 is 31.1 Å². The van der Waals surface area contributed by atoms with Gasteiger partial charge in [0.15, 0.2) is 0 Å². The van der Waals surface area contributed by atoms with Crippen LogP contribution >= 0.6 is 0 Å². The maximum absolute atomic E-state index is 12.0. The molecule has 1 N–H and O–H groups in total. The van der Waals surface area contributed by atoms with Gasteiger partial charge in [0.05, 0.1) is 4.90 Å². The average Bonchev–Trinajstić information content (AvgIpc) is 2.47. The molecule has 0 unspecified atom stereocenters. The van der Waals surface area contributed by atoms with E-state index in [2.05, 4.69) is 4.74 Å². The van der Waals surface area contributed by atoms with Gasteiger partial charge in [-0.05, 0) is 36.4 Å². The van der Waals surface area contributed by atoms with Crippen molar-refractivity contribution in [1.29, 1.82) is 0 Å². The highest BCUT2D eigenvalue weighted by Crippen LogP contribution is 2.22. The first-order chi connectivity index (χ1) is 10.7. The van der Waals surface area contributed by atoms with Gasteiger partial charge in [0.2, 0.25) is 0 Å². The maximum Gasteiger partial charge on any atom is 0.573 e. The van der Waals surface area contributed by atoms with E-state index < -0.39 is 28.0 Å². The first-order valence-corrected chi connectivity index (χ1v) is 7.64. The second-order valence-corrected chi connectivity index (χ2v) is 6.00. The lowest BCUT2D eigenvalue weighted by Crippen LogP contribution is -2.30. The molecule has 0 aliphatic rings. The smallest absolute Gasteiger partial charge is 0.406 e. The van der Waals surface area contributed by atoms with Crippen LogP contribution in [0.3, 0.4) is 0 Å². The SMILES string of the molecule is O=C(NS(=O)(=O)c1ccccc1)c1ccc(OC(F)(F)F)cc1. The van der Waals surface area contributed by atoms with Gasteiger partial charge < -0.3 is 4.74 Å². The fourth-order valence-electron chi connectivity index (χ4n) is 1.65. The monoisotopic (exact) mass is 345 g/mol. The number of alkyl halides is 3.